The first kappa shape index (κ1) is 14.6. The predicted molar refractivity (Wildman–Crippen MR) is 74.3 cm³/mol. The maximum atomic E-state index is 11.6. The van der Waals surface area contributed by atoms with Gasteiger partial charge in [-0.2, -0.15) is 0 Å². The molecule has 0 bridgehead atoms. The van der Waals surface area contributed by atoms with Crippen molar-refractivity contribution in [2.24, 2.45) is 0 Å². The largest absolute Gasteiger partial charge is 0.465 e. The zero-order valence-corrected chi connectivity index (χ0v) is 12.2. The van der Waals surface area contributed by atoms with Gasteiger partial charge in [-0.25, -0.2) is 4.98 Å². The Morgan fingerprint density at radius 1 is 1.47 bits per heavy atom. The fourth-order valence-corrected chi connectivity index (χ4v) is 2.22. The third kappa shape index (κ3) is 4.34. The van der Waals surface area contributed by atoms with Gasteiger partial charge in [0.05, 0.1) is 23.9 Å². The van der Waals surface area contributed by atoms with Crippen LogP contribution in [0.1, 0.15) is 25.5 Å². The molecule has 0 aliphatic heterocycles. The lowest BCUT2D eigenvalue weighted by Gasteiger charge is -2.20. The van der Waals surface area contributed by atoms with Gasteiger partial charge in [0.2, 0.25) is 0 Å². The molecule has 1 aliphatic carbocycles. The summed E-state index contributed by atoms with van der Waals surface area (Å²) >= 11 is 12.0. The molecule has 0 atom stereocenters. The summed E-state index contributed by atoms with van der Waals surface area (Å²) in [5.41, 5.74) is 0.699. The molecule has 6 heteroatoms. The highest BCUT2D eigenvalue weighted by Gasteiger charge is 2.31. The van der Waals surface area contributed by atoms with Crippen LogP contribution in [0.3, 0.4) is 0 Å². The Labute approximate surface area is 122 Å². The van der Waals surface area contributed by atoms with E-state index in [4.69, 9.17) is 27.9 Å². The standard InChI is InChI=1S/C13H16Cl2N2O2/c1-2-19-13(18)8-17(9-3-4-9)7-11-10(14)5-6-12(15)16-11/h5-6,9H,2-4,7-8H2,1H3. The number of hydrogen-bond acceptors (Lipinski definition) is 4. The molecule has 0 amide bonds. The van der Waals surface area contributed by atoms with Crippen LogP contribution in [0.25, 0.3) is 0 Å². The summed E-state index contributed by atoms with van der Waals surface area (Å²) in [6.07, 6.45) is 2.19. The Kier molecular flexibility index (Phi) is 5.02. The molecule has 4 nitrogen and oxygen atoms in total. The Bertz CT molecular complexity index is 464. The van der Waals surface area contributed by atoms with Crippen molar-refractivity contribution in [2.75, 3.05) is 13.2 Å². The molecule has 19 heavy (non-hydrogen) atoms. The number of ether oxygens (including phenoxy) is 1. The monoisotopic (exact) mass is 302 g/mol. The molecule has 1 saturated carbocycles. The highest BCUT2D eigenvalue weighted by Crippen LogP contribution is 2.29. The maximum Gasteiger partial charge on any atom is 0.320 e. The second-order valence-electron chi connectivity index (χ2n) is 4.50. The van der Waals surface area contributed by atoms with Crippen molar-refractivity contribution in [3.05, 3.63) is 28.0 Å². The molecule has 0 spiro atoms. The molecular formula is C13H16Cl2N2O2. The van der Waals surface area contributed by atoms with Gasteiger partial charge in [-0.1, -0.05) is 23.2 Å². The fraction of sp³-hybridized carbons (Fsp3) is 0.538. The van der Waals surface area contributed by atoms with E-state index in [0.717, 1.165) is 12.8 Å². The van der Waals surface area contributed by atoms with Crippen molar-refractivity contribution >= 4 is 29.2 Å². The van der Waals surface area contributed by atoms with E-state index >= 15 is 0 Å². The van der Waals surface area contributed by atoms with Crippen LogP contribution in [0.15, 0.2) is 12.1 Å². The maximum absolute atomic E-state index is 11.6. The van der Waals surface area contributed by atoms with Crippen LogP contribution < -0.4 is 0 Å². The average molecular weight is 303 g/mol. The van der Waals surface area contributed by atoms with Crippen molar-refractivity contribution < 1.29 is 9.53 Å². The molecule has 0 aromatic carbocycles. The van der Waals surface area contributed by atoms with Crippen LogP contribution in [-0.4, -0.2) is 35.0 Å². The van der Waals surface area contributed by atoms with Crippen molar-refractivity contribution in [2.45, 2.75) is 32.4 Å². The topological polar surface area (TPSA) is 42.4 Å². The van der Waals surface area contributed by atoms with Gasteiger partial charge in [0, 0.05) is 12.6 Å². The average Bonchev–Trinajstić information content (AvgIpc) is 3.17. The number of carbonyl (C=O) groups excluding carboxylic acids is 1. The van der Waals surface area contributed by atoms with Crippen LogP contribution in [0, 0.1) is 0 Å². The number of rotatable bonds is 6. The summed E-state index contributed by atoms with van der Waals surface area (Å²) in [6.45, 7) is 2.98. The first-order chi connectivity index (χ1) is 9.10. The third-order valence-electron chi connectivity index (χ3n) is 2.94. The summed E-state index contributed by atoms with van der Waals surface area (Å²) < 4.78 is 4.98. The highest BCUT2D eigenvalue weighted by molar-refractivity contribution is 6.32. The van der Waals surface area contributed by atoms with E-state index < -0.39 is 0 Å². The Morgan fingerprint density at radius 3 is 2.84 bits per heavy atom. The normalized spacial score (nSPS) is 14.7. The van der Waals surface area contributed by atoms with Crippen molar-refractivity contribution in [3.63, 3.8) is 0 Å². The van der Waals surface area contributed by atoms with E-state index in [9.17, 15) is 4.79 Å². The summed E-state index contributed by atoms with van der Waals surface area (Å²) in [5.74, 6) is -0.215. The Hall–Kier alpha value is -0.840. The summed E-state index contributed by atoms with van der Waals surface area (Å²) in [5, 5.41) is 0.977. The number of halogens is 2. The first-order valence-corrected chi connectivity index (χ1v) is 7.06. The number of hydrogen-bond donors (Lipinski definition) is 0. The minimum absolute atomic E-state index is 0.215. The second kappa shape index (κ2) is 6.55. The molecule has 0 N–H and O–H groups in total. The molecule has 1 fully saturated rings. The van der Waals surface area contributed by atoms with Crippen LogP contribution in [0.2, 0.25) is 10.2 Å². The smallest absolute Gasteiger partial charge is 0.320 e. The first-order valence-electron chi connectivity index (χ1n) is 6.30. The van der Waals surface area contributed by atoms with Gasteiger partial charge in [0.1, 0.15) is 5.15 Å². The van der Waals surface area contributed by atoms with Gasteiger partial charge >= 0.3 is 5.97 Å². The van der Waals surface area contributed by atoms with E-state index in [1.807, 2.05) is 4.90 Å². The van der Waals surface area contributed by atoms with Crippen LogP contribution in [0.5, 0.6) is 0 Å². The molecule has 0 saturated heterocycles. The van der Waals surface area contributed by atoms with Crippen molar-refractivity contribution in [1.82, 2.24) is 9.88 Å². The summed E-state index contributed by atoms with van der Waals surface area (Å²) in [4.78, 5) is 17.8. The van der Waals surface area contributed by atoms with E-state index in [1.54, 1.807) is 19.1 Å². The molecule has 0 radical (unpaired) electrons. The minimum Gasteiger partial charge on any atom is -0.465 e. The van der Waals surface area contributed by atoms with Gasteiger partial charge < -0.3 is 4.74 Å². The second-order valence-corrected chi connectivity index (χ2v) is 5.30. The number of pyridine rings is 1. The molecule has 1 aromatic heterocycles. The molecule has 1 heterocycles. The SMILES string of the molecule is CCOC(=O)CN(Cc1nc(Cl)ccc1Cl)C1CC1. The van der Waals surface area contributed by atoms with Gasteiger partial charge in [-0.3, -0.25) is 9.69 Å². The zero-order valence-electron chi connectivity index (χ0n) is 10.7. The fourth-order valence-electron chi connectivity index (χ4n) is 1.89. The molecule has 104 valence electrons. The van der Waals surface area contributed by atoms with E-state index in [0.29, 0.717) is 35.1 Å². The Balaban J connectivity index is 2.04. The van der Waals surface area contributed by atoms with Gasteiger partial charge in [-0.05, 0) is 31.9 Å². The lowest BCUT2D eigenvalue weighted by molar-refractivity contribution is -0.144. The van der Waals surface area contributed by atoms with Crippen molar-refractivity contribution in [3.8, 4) is 0 Å². The highest BCUT2D eigenvalue weighted by atomic mass is 35.5. The van der Waals surface area contributed by atoms with Gasteiger partial charge in [0.25, 0.3) is 0 Å². The van der Waals surface area contributed by atoms with Crippen LogP contribution in [0.4, 0.5) is 0 Å². The molecule has 0 unspecified atom stereocenters. The van der Waals surface area contributed by atoms with Gasteiger partial charge in [0.15, 0.2) is 0 Å². The lowest BCUT2D eigenvalue weighted by Crippen LogP contribution is -2.33. The molecule has 2 rings (SSSR count). The summed E-state index contributed by atoms with van der Waals surface area (Å²) in [7, 11) is 0. The van der Waals surface area contributed by atoms with E-state index in [-0.39, 0.29) is 12.5 Å². The number of carbonyl (C=O) groups is 1. The predicted octanol–water partition coefficient (Wildman–Crippen LogP) is 2.92. The molecular weight excluding hydrogens is 287 g/mol. The molecule has 1 aromatic rings. The van der Waals surface area contributed by atoms with Crippen LogP contribution >= 0.6 is 23.2 Å². The lowest BCUT2D eigenvalue weighted by atomic mass is 10.3. The summed E-state index contributed by atoms with van der Waals surface area (Å²) in [6, 6.07) is 3.79. The number of nitrogens with zero attached hydrogens (tertiary/aromatic N) is 2. The zero-order chi connectivity index (χ0) is 13.8. The molecule has 1 aliphatic rings. The van der Waals surface area contributed by atoms with E-state index in [2.05, 4.69) is 4.98 Å². The van der Waals surface area contributed by atoms with Gasteiger partial charge in [-0.15, -0.1) is 0 Å². The quantitative estimate of drug-likeness (QED) is 0.598. The number of esters is 1. The van der Waals surface area contributed by atoms with Crippen LogP contribution in [-0.2, 0) is 16.1 Å². The van der Waals surface area contributed by atoms with E-state index in [1.165, 1.54) is 0 Å². The minimum atomic E-state index is -0.215. The Morgan fingerprint density at radius 2 is 2.21 bits per heavy atom. The third-order valence-corrected chi connectivity index (χ3v) is 3.49. The van der Waals surface area contributed by atoms with Crippen molar-refractivity contribution in [1.29, 1.82) is 0 Å². The number of aromatic nitrogens is 1.